The second-order valence-electron chi connectivity index (χ2n) is 2.28. The largest absolute Gasteiger partial charge is 0.480 e. The number of nitrogens with one attached hydrogen (secondary N) is 1. The first kappa shape index (κ1) is 11.8. The summed E-state index contributed by atoms with van der Waals surface area (Å²) in [6.07, 6.45) is -1.67. The lowest BCUT2D eigenvalue weighted by Crippen LogP contribution is -2.48. The lowest BCUT2D eigenvalue weighted by atomic mass is 10.3. The molecule has 1 unspecified atom stereocenters. The monoisotopic (exact) mass is 193 g/mol. The molecule has 0 bridgehead atoms. The Morgan fingerprint density at radius 2 is 1.77 bits per heavy atom. The fraction of sp³-hybridized carbons (Fsp3) is 0.667. The van der Waals surface area contributed by atoms with Crippen LogP contribution in [0.25, 0.3) is 0 Å². The lowest BCUT2D eigenvalue weighted by Gasteiger charge is -2.13. The van der Waals surface area contributed by atoms with Crippen molar-refractivity contribution in [1.82, 2.24) is 5.32 Å². The summed E-state index contributed by atoms with van der Waals surface area (Å²) in [5.41, 5.74) is 0. The Hall–Kier alpha value is -1.18. The van der Waals surface area contributed by atoms with E-state index in [1.807, 2.05) is 5.32 Å². The number of hydrogen-bond donors (Lipinski definition) is 5. The van der Waals surface area contributed by atoms with Gasteiger partial charge in [0.1, 0.15) is 6.04 Å². The predicted molar refractivity (Wildman–Crippen MR) is 39.7 cm³/mol. The van der Waals surface area contributed by atoms with Gasteiger partial charge in [0.15, 0.2) is 6.10 Å². The van der Waals surface area contributed by atoms with Crippen molar-refractivity contribution in [2.45, 2.75) is 12.1 Å². The standard InChI is InChI=1S/C6H11NO6/c8-1-3(6(12)13)7-5(11)4(10)2-9/h3-4,8-10H,1-2H2,(H,7,11)(H,12,13)/t3-,4?/m0/s1. The molecule has 1 amide bonds. The highest BCUT2D eigenvalue weighted by Crippen LogP contribution is 1.86. The Morgan fingerprint density at radius 3 is 2.08 bits per heavy atom. The smallest absolute Gasteiger partial charge is 0.328 e. The zero-order valence-electron chi connectivity index (χ0n) is 6.67. The molecule has 0 radical (unpaired) electrons. The van der Waals surface area contributed by atoms with Gasteiger partial charge in [0, 0.05) is 0 Å². The summed E-state index contributed by atoms with van der Waals surface area (Å²) in [4.78, 5) is 21.0. The maximum Gasteiger partial charge on any atom is 0.328 e. The fourth-order valence-electron chi connectivity index (χ4n) is 0.536. The molecule has 5 N–H and O–H groups in total. The summed E-state index contributed by atoms with van der Waals surface area (Å²) < 4.78 is 0. The van der Waals surface area contributed by atoms with E-state index in [0.29, 0.717) is 0 Å². The third kappa shape index (κ3) is 3.83. The normalized spacial score (nSPS) is 14.7. The highest BCUT2D eigenvalue weighted by Gasteiger charge is 2.22. The van der Waals surface area contributed by atoms with Gasteiger partial charge in [-0.15, -0.1) is 0 Å². The van der Waals surface area contributed by atoms with Gasteiger partial charge in [-0.2, -0.15) is 0 Å². The predicted octanol–water partition coefficient (Wildman–Crippen LogP) is -3.10. The SMILES string of the molecule is O=C(N[C@@H](CO)C(=O)O)C(O)CO. The van der Waals surface area contributed by atoms with Crippen LogP contribution in [0.5, 0.6) is 0 Å². The number of aliphatic hydroxyl groups is 3. The van der Waals surface area contributed by atoms with Crippen molar-refractivity contribution in [3.05, 3.63) is 0 Å². The molecule has 0 aliphatic carbocycles. The zero-order chi connectivity index (χ0) is 10.4. The lowest BCUT2D eigenvalue weighted by molar-refractivity contribution is -0.145. The van der Waals surface area contributed by atoms with Gasteiger partial charge in [-0.05, 0) is 0 Å². The third-order valence-corrected chi connectivity index (χ3v) is 1.27. The van der Waals surface area contributed by atoms with Crippen LogP contribution < -0.4 is 5.32 Å². The summed E-state index contributed by atoms with van der Waals surface area (Å²) >= 11 is 0. The van der Waals surface area contributed by atoms with E-state index in [4.69, 9.17) is 20.4 Å². The Balaban J connectivity index is 4.09. The van der Waals surface area contributed by atoms with Crippen molar-refractivity contribution in [2.75, 3.05) is 13.2 Å². The average Bonchev–Trinajstić information content (AvgIpc) is 2.11. The van der Waals surface area contributed by atoms with Crippen LogP contribution in [0.1, 0.15) is 0 Å². The van der Waals surface area contributed by atoms with E-state index in [9.17, 15) is 9.59 Å². The Labute approximate surface area is 73.6 Å². The number of rotatable bonds is 5. The summed E-state index contributed by atoms with van der Waals surface area (Å²) in [5, 5.41) is 35.7. The summed E-state index contributed by atoms with van der Waals surface area (Å²) in [5.74, 6) is -2.45. The summed E-state index contributed by atoms with van der Waals surface area (Å²) in [6, 6.07) is -1.46. The van der Waals surface area contributed by atoms with E-state index in [-0.39, 0.29) is 0 Å². The highest BCUT2D eigenvalue weighted by atomic mass is 16.4. The topological polar surface area (TPSA) is 127 Å². The molecule has 0 rings (SSSR count). The Kier molecular flexibility index (Phi) is 4.97. The van der Waals surface area contributed by atoms with E-state index in [0.717, 1.165) is 0 Å². The molecule has 0 aliphatic heterocycles. The molecule has 0 aromatic carbocycles. The van der Waals surface area contributed by atoms with Gasteiger partial charge in [-0.3, -0.25) is 4.79 Å². The van der Waals surface area contributed by atoms with E-state index < -0.39 is 37.2 Å². The van der Waals surface area contributed by atoms with Gasteiger partial charge in [0.05, 0.1) is 13.2 Å². The van der Waals surface area contributed by atoms with Gasteiger partial charge < -0.3 is 25.7 Å². The number of carboxylic acid groups (broad SMARTS) is 1. The summed E-state index contributed by atoms with van der Waals surface area (Å²) in [6.45, 7) is -1.58. The van der Waals surface area contributed by atoms with Crippen molar-refractivity contribution in [3.8, 4) is 0 Å². The van der Waals surface area contributed by atoms with Crippen molar-refractivity contribution in [3.63, 3.8) is 0 Å². The molecule has 0 aromatic heterocycles. The number of carbonyl (C=O) groups excluding carboxylic acids is 1. The van der Waals surface area contributed by atoms with Crippen LogP contribution in [-0.4, -0.2) is 57.7 Å². The maximum absolute atomic E-state index is 10.8. The number of carbonyl (C=O) groups is 2. The van der Waals surface area contributed by atoms with Crippen LogP contribution in [0.3, 0.4) is 0 Å². The number of amides is 1. The van der Waals surface area contributed by atoms with Gasteiger partial charge in [0.2, 0.25) is 0 Å². The molecule has 0 saturated carbocycles. The molecule has 2 atom stereocenters. The minimum atomic E-state index is -1.67. The van der Waals surface area contributed by atoms with Crippen molar-refractivity contribution in [1.29, 1.82) is 0 Å². The Morgan fingerprint density at radius 1 is 1.23 bits per heavy atom. The van der Waals surface area contributed by atoms with Crippen LogP contribution >= 0.6 is 0 Å². The van der Waals surface area contributed by atoms with E-state index >= 15 is 0 Å². The summed E-state index contributed by atoms with van der Waals surface area (Å²) in [7, 11) is 0. The molecule has 0 heterocycles. The van der Waals surface area contributed by atoms with E-state index in [1.165, 1.54) is 0 Å². The Bertz CT molecular complexity index is 194. The molecule has 7 heteroatoms. The molecule has 13 heavy (non-hydrogen) atoms. The first-order valence-corrected chi connectivity index (χ1v) is 3.46. The van der Waals surface area contributed by atoms with Gasteiger partial charge in [-0.25, -0.2) is 4.79 Å². The van der Waals surface area contributed by atoms with Crippen LogP contribution in [0, 0.1) is 0 Å². The van der Waals surface area contributed by atoms with Crippen LogP contribution in [0.15, 0.2) is 0 Å². The molecule has 0 saturated heterocycles. The van der Waals surface area contributed by atoms with Gasteiger partial charge in [0.25, 0.3) is 5.91 Å². The molecular formula is C6H11NO6. The van der Waals surface area contributed by atoms with Crippen molar-refractivity contribution < 1.29 is 30.0 Å². The average molecular weight is 193 g/mol. The molecule has 76 valence electrons. The molecular weight excluding hydrogens is 182 g/mol. The number of aliphatic carboxylic acids is 1. The number of carboxylic acids is 1. The quantitative estimate of drug-likeness (QED) is 0.315. The second kappa shape index (κ2) is 5.46. The van der Waals surface area contributed by atoms with E-state index in [1.54, 1.807) is 0 Å². The minimum Gasteiger partial charge on any atom is -0.480 e. The third-order valence-electron chi connectivity index (χ3n) is 1.27. The first-order valence-electron chi connectivity index (χ1n) is 3.46. The molecule has 0 aliphatic rings. The molecule has 0 spiro atoms. The molecule has 7 nitrogen and oxygen atoms in total. The van der Waals surface area contributed by atoms with E-state index in [2.05, 4.69) is 0 Å². The number of hydrogen-bond acceptors (Lipinski definition) is 5. The minimum absolute atomic E-state index is 0.779. The maximum atomic E-state index is 10.8. The highest BCUT2D eigenvalue weighted by molar-refractivity contribution is 5.86. The van der Waals surface area contributed by atoms with Crippen LogP contribution in [0.2, 0.25) is 0 Å². The van der Waals surface area contributed by atoms with Crippen LogP contribution in [-0.2, 0) is 9.59 Å². The molecule has 0 aromatic rings. The number of aliphatic hydroxyl groups excluding tert-OH is 3. The fourth-order valence-corrected chi connectivity index (χ4v) is 0.536. The second-order valence-corrected chi connectivity index (χ2v) is 2.28. The zero-order valence-corrected chi connectivity index (χ0v) is 6.67. The van der Waals surface area contributed by atoms with Gasteiger partial charge >= 0.3 is 5.97 Å². The van der Waals surface area contributed by atoms with Gasteiger partial charge in [-0.1, -0.05) is 0 Å². The van der Waals surface area contributed by atoms with Crippen molar-refractivity contribution in [2.24, 2.45) is 0 Å². The first-order chi connectivity index (χ1) is 6.02. The van der Waals surface area contributed by atoms with Crippen molar-refractivity contribution >= 4 is 11.9 Å². The van der Waals surface area contributed by atoms with Crippen LogP contribution in [0.4, 0.5) is 0 Å². The molecule has 0 fully saturated rings.